The Labute approximate surface area is 160 Å². The third-order valence-corrected chi connectivity index (χ3v) is 5.89. The number of rotatable bonds is 5. The zero-order valence-electron chi connectivity index (χ0n) is 15.7. The Kier molecular flexibility index (Phi) is 4.05. The van der Waals surface area contributed by atoms with Gasteiger partial charge in [0.25, 0.3) is 0 Å². The van der Waals surface area contributed by atoms with Gasteiger partial charge in [0.1, 0.15) is 0 Å². The predicted molar refractivity (Wildman–Crippen MR) is 119 cm³/mol. The fourth-order valence-electron chi connectivity index (χ4n) is 4.57. The zero-order valence-corrected chi connectivity index (χ0v) is 15.7. The lowest BCUT2D eigenvalue weighted by atomic mass is 9.37. The number of benzene rings is 4. The summed E-state index contributed by atoms with van der Waals surface area (Å²) in [6, 6.07) is 24.8. The molecule has 130 valence electrons. The highest BCUT2D eigenvalue weighted by Gasteiger charge is 2.22. The average Bonchev–Trinajstić information content (AvgIpc) is 2.74. The van der Waals surface area contributed by atoms with Crippen molar-refractivity contribution in [3.8, 4) is 0 Å². The first-order valence-corrected chi connectivity index (χ1v) is 9.93. The maximum Gasteiger partial charge on any atom is 0.210 e. The third-order valence-electron chi connectivity index (χ3n) is 5.89. The van der Waals surface area contributed by atoms with E-state index in [0.29, 0.717) is 6.71 Å². The van der Waals surface area contributed by atoms with Crippen LogP contribution >= 0.6 is 0 Å². The van der Waals surface area contributed by atoms with E-state index < -0.39 is 0 Å². The van der Waals surface area contributed by atoms with Crippen LogP contribution in [0.4, 0.5) is 0 Å². The normalized spacial score (nSPS) is 11.6. The van der Waals surface area contributed by atoms with E-state index >= 15 is 0 Å². The maximum absolute atomic E-state index is 4.23. The molecule has 0 saturated heterocycles. The summed E-state index contributed by atoms with van der Waals surface area (Å²) >= 11 is 0. The highest BCUT2D eigenvalue weighted by Crippen LogP contribution is 2.33. The molecule has 1 nitrogen and oxygen atoms in total. The SMILES string of the molecule is CCCCB(c1ccncc1)c1ccc2ccc3cccc4ccc1c2c34. The van der Waals surface area contributed by atoms with Crippen molar-refractivity contribution >= 4 is 50.0 Å². The monoisotopic (exact) mass is 347 g/mol. The lowest BCUT2D eigenvalue weighted by Gasteiger charge is -2.19. The van der Waals surface area contributed by atoms with E-state index in [1.165, 1.54) is 62.4 Å². The minimum absolute atomic E-state index is 0.414. The molecule has 0 N–H and O–H groups in total. The minimum Gasteiger partial charge on any atom is -0.265 e. The molecule has 0 aliphatic carbocycles. The van der Waals surface area contributed by atoms with Crippen LogP contribution in [0.5, 0.6) is 0 Å². The first kappa shape index (κ1) is 16.3. The second-order valence-electron chi connectivity index (χ2n) is 7.49. The number of unbranched alkanes of at least 4 members (excludes halogenated alkanes) is 1. The third kappa shape index (κ3) is 2.68. The van der Waals surface area contributed by atoms with Gasteiger partial charge >= 0.3 is 0 Å². The van der Waals surface area contributed by atoms with E-state index in [0.717, 1.165) is 0 Å². The molecule has 5 rings (SSSR count). The Hall–Kier alpha value is -2.87. The second kappa shape index (κ2) is 6.70. The van der Waals surface area contributed by atoms with Gasteiger partial charge in [-0.1, -0.05) is 91.6 Å². The first-order chi connectivity index (χ1) is 13.4. The highest BCUT2D eigenvalue weighted by atomic mass is 14.6. The summed E-state index contributed by atoms with van der Waals surface area (Å²) in [5, 5.41) is 8.21. The largest absolute Gasteiger partial charge is 0.265 e. The molecule has 1 aromatic heterocycles. The van der Waals surface area contributed by atoms with Crippen molar-refractivity contribution in [1.29, 1.82) is 0 Å². The summed E-state index contributed by atoms with van der Waals surface area (Å²) in [5.41, 5.74) is 2.81. The van der Waals surface area contributed by atoms with Gasteiger partial charge in [-0.05, 0) is 44.5 Å². The van der Waals surface area contributed by atoms with Crippen molar-refractivity contribution in [2.75, 3.05) is 0 Å². The predicted octanol–water partition coefficient (Wildman–Crippen LogP) is 5.39. The Balaban J connectivity index is 1.81. The summed E-state index contributed by atoms with van der Waals surface area (Å²) in [7, 11) is 0. The van der Waals surface area contributed by atoms with Gasteiger partial charge in [-0.2, -0.15) is 0 Å². The molecule has 0 saturated carbocycles. The van der Waals surface area contributed by atoms with Gasteiger partial charge in [0.2, 0.25) is 6.71 Å². The number of hydrogen-bond donors (Lipinski definition) is 0. The van der Waals surface area contributed by atoms with Crippen molar-refractivity contribution in [3.63, 3.8) is 0 Å². The zero-order chi connectivity index (χ0) is 18.2. The number of nitrogens with zero attached hydrogens (tertiary/aromatic N) is 1. The van der Waals surface area contributed by atoms with Gasteiger partial charge in [0.05, 0.1) is 0 Å². The number of hydrogen-bond acceptors (Lipinski definition) is 1. The van der Waals surface area contributed by atoms with Gasteiger partial charge in [-0.25, -0.2) is 0 Å². The fraction of sp³-hybridized carbons (Fsp3) is 0.160. The molecule has 0 amide bonds. The van der Waals surface area contributed by atoms with E-state index in [4.69, 9.17) is 0 Å². The van der Waals surface area contributed by atoms with Crippen LogP contribution in [0.25, 0.3) is 32.3 Å². The molecule has 27 heavy (non-hydrogen) atoms. The van der Waals surface area contributed by atoms with Crippen molar-refractivity contribution < 1.29 is 0 Å². The van der Waals surface area contributed by atoms with Crippen LogP contribution < -0.4 is 10.9 Å². The van der Waals surface area contributed by atoms with Crippen LogP contribution in [0.3, 0.4) is 0 Å². The molecule has 1 heterocycles. The second-order valence-corrected chi connectivity index (χ2v) is 7.49. The highest BCUT2D eigenvalue weighted by molar-refractivity contribution is 6.87. The fourth-order valence-corrected chi connectivity index (χ4v) is 4.57. The molecular formula is C25H22BN. The topological polar surface area (TPSA) is 12.9 Å². The van der Waals surface area contributed by atoms with Crippen LogP contribution in [0.15, 0.2) is 79.1 Å². The van der Waals surface area contributed by atoms with Crippen LogP contribution in [-0.2, 0) is 0 Å². The summed E-state index contributed by atoms with van der Waals surface area (Å²) in [5.74, 6) is 0. The molecule has 0 aliphatic rings. The van der Waals surface area contributed by atoms with Gasteiger partial charge in [0, 0.05) is 12.4 Å². The van der Waals surface area contributed by atoms with Crippen LogP contribution in [0.1, 0.15) is 19.8 Å². The molecule has 0 aliphatic heterocycles. The molecule has 0 fully saturated rings. The van der Waals surface area contributed by atoms with Crippen LogP contribution in [-0.4, -0.2) is 11.7 Å². The van der Waals surface area contributed by atoms with E-state index in [1.807, 2.05) is 12.4 Å². The molecule has 0 atom stereocenters. The van der Waals surface area contributed by atoms with Crippen molar-refractivity contribution in [2.24, 2.45) is 0 Å². The van der Waals surface area contributed by atoms with E-state index in [-0.39, 0.29) is 0 Å². The van der Waals surface area contributed by atoms with E-state index in [2.05, 4.69) is 78.6 Å². The smallest absolute Gasteiger partial charge is 0.210 e. The Morgan fingerprint density at radius 3 is 2.15 bits per heavy atom. The summed E-state index contributed by atoms with van der Waals surface area (Å²) < 4.78 is 0. The lowest BCUT2D eigenvalue weighted by Crippen LogP contribution is -2.42. The van der Waals surface area contributed by atoms with Gasteiger partial charge in [-0.3, -0.25) is 4.98 Å². The van der Waals surface area contributed by atoms with Gasteiger partial charge in [0.15, 0.2) is 0 Å². The maximum atomic E-state index is 4.23. The van der Waals surface area contributed by atoms with Crippen molar-refractivity contribution in [3.05, 3.63) is 79.1 Å². The molecule has 0 unspecified atom stereocenters. The van der Waals surface area contributed by atoms with Crippen molar-refractivity contribution in [1.82, 2.24) is 4.98 Å². The molecule has 5 aromatic rings. The van der Waals surface area contributed by atoms with Crippen LogP contribution in [0, 0.1) is 0 Å². The summed E-state index contributed by atoms with van der Waals surface area (Å²) in [4.78, 5) is 4.23. The summed E-state index contributed by atoms with van der Waals surface area (Å²) in [6.45, 7) is 2.69. The standard InChI is InChI=1S/C25H22BN/c1-2-3-15-26(21-13-16-27-17-14-21)23-12-10-20-8-7-18-5-4-6-19-9-11-22(23)25(20)24(18)19/h4-14,16-17H,2-3,15H2,1H3. The van der Waals surface area contributed by atoms with Crippen molar-refractivity contribution in [2.45, 2.75) is 26.1 Å². The van der Waals surface area contributed by atoms with E-state index in [1.54, 1.807) is 0 Å². The molecule has 0 spiro atoms. The Bertz CT molecular complexity index is 1200. The Morgan fingerprint density at radius 2 is 1.41 bits per heavy atom. The molecule has 2 heteroatoms. The quantitative estimate of drug-likeness (QED) is 0.307. The van der Waals surface area contributed by atoms with Crippen LogP contribution in [0.2, 0.25) is 6.32 Å². The molecule has 0 radical (unpaired) electrons. The number of aromatic nitrogens is 1. The van der Waals surface area contributed by atoms with Gasteiger partial charge < -0.3 is 0 Å². The molecule has 4 aromatic carbocycles. The van der Waals surface area contributed by atoms with Gasteiger partial charge in [-0.15, -0.1) is 0 Å². The van der Waals surface area contributed by atoms with E-state index in [9.17, 15) is 0 Å². The molecule has 0 bridgehead atoms. The average molecular weight is 347 g/mol. The molecular weight excluding hydrogens is 325 g/mol. The lowest BCUT2D eigenvalue weighted by molar-refractivity contribution is 0.878. The minimum atomic E-state index is 0.414. The Morgan fingerprint density at radius 1 is 0.741 bits per heavy atom. The number of pyridine rings is 1. The first-order valence-electron chi connectivity index (χ1n) is 9.93. The summed E-state index contributed by atoms with van der Waals surface area (Å²) in [6.07, 6.45) is 7.46.